The van der Waals surface area contributed by atoms with E-state index in [9.17, 15) is 0 Å². The van der Waals surface area contributed by atoms with Crippen molar-refractivity contribution in [1.29, 1.82) is 0 Å². The molecule has 1 aromatic heterocycles. The van der Waals surface area contributed by atoms with Crippen molar-refractivity contribution >= 4 is 44.4 Å². The largest absolute Gasteiger partial charge is 0.497 e. The van der Waals surface area contributed by atoms with Gasteiger partial charge in [0.2, 0.25) is 0 Å². The van der Waals surface area contributed by atoms with Crippen LogP contribution in [0.1, 0.15) is 12.8 Å². The third-order valence-electron chi connectivity index (χ3n) is 3.82. The number of hydrogen-bond donors (Lipinski definition) is 1. The molecule has 0 radical (unpaired) electrons. The topological polar surface area (TPSA) is 53.1 Å². The van der Waals surface area contributed by atoms with Crippen LogP contribution in [0.4, 0.5) is 5.69 Å². The van der Waals surface area contributed by atoms with E-state index in [0.29, 0.717) is 5.69 Å². The molecule has 0 aliphatic rings. The number of anilines is 1. The molecule has 0 aliphatic carbocycles. The minimum absolute atomic E-state index is 0.680. The quantitative estimate of drug-likeness (QED) is 0.351. The smallest absolute Gasteiger partial charge is 0.174 e. The molecular formula is C19H18BrN3OS. The highest BCUT2D eigenvalue weighted by atomic mass is 79.9. The Kier molecular flexibility index (Phi) is 5.57. The van der Waals surface area contributed by atoms with Crippen LogP contribution in [0, 0.1) is 12.3 Å². The lowest BCUT2D eigenvalue weighted by molar-refractivity contribution is 0.413. The van der Waals surface area contributed by atoms with Crippen molar-refractivity contribution in [2.24, 2.45) is 0 Å². The number of rotatable bonds is 6. The van der Waals surface area contributed by atoms with E-state index in [-0.39, 0.29) is 0 Å². The summed E-state index contributed by atoms with van der Waals surface area (Å²) >= 11 is 5.18. The molecule has 0 spiro atoms. The zero-order chi connectivity index (χ0) is 17.8. The predicted molar refractivity (Wildman–Crippen MR) is 107 cm³/mol. The Morgan fingerprint density at radius 1 is 1.36 bits per heavy atom. The molecule has 25 heavy (non-hydrogen) atoms. The lowest BCUT2D eigenvalue weighted by Gasteiger charge is -2.10. The van der Waals surface area contributed by atoms with Gasteiger partial charge in [0.25, 0.3) is 0 Å². The number of aromatic nitrogens is 2. The molecule has 2 N–H and O–H groups in total. The second-order valence-electron chi connectivity index (χ2n) is 5.47. The van der Waals surface area contributed by atoms with E-state index in [1.54, 1.807) is 18.9 Å². The van der Waals surface area contributed by atoms with Gasteiger partial charge in [-0.3, -0.25) is 0 Å². The lowest BCUT2D eigenvalue weighted by Crippen LogP contribution is -2.00. The molecule has 3 aromatic rings. The average Bonchev–Trinajstić information content (AvgIpc) is 2.96. The van der Waals surface area contributed by atoms with Gasteiger partial charge in [-0.2, -0.15) is 0 Å². The number of nitrogens with two attached hydrogens (primary N) is 1. The van der Waals surface area contributed by atoms with Crippen LogP contribution < -0.4 is 10.5 Å². The van der Waals surface area contributed by atoms with Crippen LogP contribution in [0.3, 0.4) is 0 Å². The van der Waals surface area contributed by atoms with E-state index in [1.165, 1.54) is 0 Å². The van der Waals surface area contributed by atoms with Crippen LogP contribution in [-0.2, 0) is 6.54 Å². The first-order chi connectivity index (χ1) is 12.1. The summed E-state index contributed by atoms with van der Waals surface area (Å²) in [4.78, 5) is 5.80. The second kappa shape index (κ2) is 7.85. The number of fused-ring (bicyclic) bond motifs is 1. The molecule has 1 heterocycles. The fourth-order valence-electron chi connectivity index (χ4n) is 2.57. The Labute approximate surface area is 159 Å². The summed E-state index contributed by atoms with van der Waals surface area (Å²) in [5.74, 6) is 3.50. The zero-order valence-corrected chi connectivity index (χ0v) is 16.2. The first-order valence-electron chi connectivity index (χ1n) is 7.83. The number of unbranched alkanes of at least 4 members (excludes halogenated alkanes) is 1. The number of methoxy groups -OCH3 is 1. The van der Waals surface area contributed by atoms with Crippen molar-refractivity contribution in [3.63, 3.8) is 0 Å². The molecular weight excluding hydrogens is 398 g/mol. The zero-order valence-electron chi connectivity index (χ0n) is 13.8. The monoisotopic (exact) mass is 415 g/mol. The maximum absolute atomic E-state index is 6.12. The molecule has 128 valence electrons. The number of imidazole rings is 1. The van der Waals surface area contributed by atoms with E-state index >= 15 is 0 Å². The summed E-state index contributed by atoms with van der Waals surface area (Å²) in [6.07, 6.45) is 7.02. The Balaban J connectivity index is 2.04. The van der Waals surface area contributed by atoms with Crippen molar-refractivity contribution in [2.45, 2.75) is 29.4 Å². The van der Waals surface area contributed by atoms with Crippen molar-refractivity contribution < 1.29 is 4.74 Å². The van der Waals surface area contributed by atoms with Crippen molar-refractivity contribution in [1.82, 2.24) is 9.55 Å². The number of halogens is 1. The SMILES string of the molecule is C#CCCCn1c(Sc2cc(OC)ccc2Br)nc2c(N)cccc21. The molecule has 0 bridgehead atoms. The van der Waals surface area contributed by atoms with Crippen LogP contribution in [0.15, 0.2) is 50.9 Å². The third kappa shape index (κ3) is 3.78. The number of nitrogens with zero attached hydrogens (tertiary/aromatic N) is 2. The highest BCUT2D eigenvalue weighted by Gasteiger charge is 2.15. The number of nitrogen functional groups attached to an aromatic ring is 1. The maximum atomic E-state index is 6.12. The second-order valence-corrected chi connectivity index (χ2v) is 7.33. The minimum atomic E-state index is 0.680. The number of ether oxygens (including phenoxy) is 1. The Hall–Kier alpha value is -2.10. The highest BCUT2D eigenvalue weighted by molar-refractivity contribution is 9.10. The van der Waals surface area contributed by atoms with E-state index in [1.807, 2.05) is 36.4 Å². The van der Waals surface area contributed by atoms with Gasteiger partial charge in [0, 0.05) is 22.3 Å². The summed E-state index contributed by atoms with van der Waals surface area (Å²) in [7, 11) is 1.66. The fraction of sp³-hybridized carbons (Fsp3) is 0.211. The molecule has 0 atom stereocenters. The van der Waals surface area contributed by atoms with Crippen LogP contribution in [-0.4, -0.2) is 16.7 Å². The van der Waals surface area contributed by atoms with E-state index in [0.717, 1.165) is 50.7 Å². The van der Waals surface area contributed by atoms with Gasteiger partial charge in [-0.1, -0.05) is 17.8 Å². The number of para-hydroxylation sites is 1. The summed E-state index contributed by atoms with van der Waals surface area (Å²) in [5, 5.41) is 0.888. The van der Waals surface area contributed by atoms with Gasteiger partial charge < -0.3 is 15.0 Å². The predicted octanol–water partition coefficient (Wildman–Crippen LogP) is 4.95. The summed E-state index contributed by atoms with van der Waals surface area (Å²) in [6, 6.07) is 11.7. The van der Waals surface area contributed by atoms with Crippen molar-refractivity contribution in [2.75, 3.05) is 12.8 Å². The molecule has 3 rings (SSSR count). The van der Waals surface area contributed by atoms with Gasteiger partial charge in [-0.05, 0) is 52.7 Å². The molecule has 4 nitrogen and oxygen atoms in total. The molecule has 0 saturated heterocycles. The lowest BCUT2D eigenvalue weighted by atomic mass is 10.2. The van der Waals surface area contributed by atoms with Gasteiger partial charge in [0.1, 0.15) is 11.3 Å². The summed E-state index contributed by atoms with van der Waals surface area (Å²) in [5.41, 5.74) is 8.65. The van der Waals surface area contributed by atoms with E-state index < -0.39 is 0 Å². The molecule has 0 fully saturated rings. The van der Waals surface area contributed by atoms with Crippen LogP contribution in [0.2, 0.25) is 0 Å². The normalized spacial score (nSPS) is 10.8. The molecule has 0 saturated carbocycles. The number of hydrogen-bond acceptors (Lipinski definition) is 4. The molecule has 6 heteroatoms. The van der Waals surface area contributed by atoms with E-state index in [2.05, 4.69) is 26.4 Å². The van der Waals surface area contributed by atoms with Crippen molar-refractivity contribution in [3.05, 3.63) is 40.9 Å². The van der Waals surface area contributed by atoms with Crippen molar-refractivity contribution in [3.8, 4) is 18.1 Å². The molecule has 2 aromatic carbocycles. The highest BCUT2D eigenvalue weighted by Crippen LogP contribution is 2.37. The van der Waals surface area contributed by atoms with Gasteiger partial charge in [-0.25, -0.2) is 4.98 Å². The number of terminal acetylenes is 1. The summed E-state index contributed by atoms with van der Waals surface area (Å²) < 4.78 is 8.51. The fourth-order valence-corrected chi connectivity index (χ4v) is 4.03. The molecule has 0 unspecified atom stereocenters. The maximum Gasteiger partial charge on any atom is 0.174 e. The molecule has 0 aliphatic heterocycles. The van der Waals surface area contributed by atoms with Crippen LogP contribution in [0.25, 0.3) is 11.0 Å². The Morgan fingerprint density at radius 2 is 2.20 bits per heavy atom. The molecule has 0 amide bonds. The van der Waals surface area contributed by atoms with Crippen LogP contribution in [0.5, 0.6) is 5.75 Å². The Bertz CT molecular complexity index is 946. The number of aryl methyl sites for hydroxylation is 1. The van der Waals surface area contributed by atoms with Gasteiger partial charge >= 0.3 is 0 Å². The van der Waals surface area contributed by atoms with Gasteiger partial charge in [0.15, 0.2) is 5.16 Å². The average molecular weight is 416 g/mol. The van der Waals surface area contributed by atoms with Crippen LogP contribution >= 0.6 is 27.7 Å². The first kappa shape index (κ1) is 17.7. The first-order valence-corrected chi connectivity index (χ1v) is 9.44. The third-order valence-corrected chi connectivity index (χ3v) is 5.82. The summed E-state index contributed by atoms with van der Waals surface area (Å²) in [6.45, 7) is 0.800. The van der Waals surface area contributed by atoms with Gasteiger partial charge in [0.05, 0.1) is 18.3 Å². The Morgan fingerprint density at radius 3 is 2.96 bits per heavy atom. The number of benzene rings is 2. The van der Waals surface area contributed by atoms with Gasteiger partial charge in [-0.15, -0.1) is 12.3 Å². The van der Waals surface area contributed by atoms with E-state index in [4.69, 9.17) is 21.9 Å². The minimum Gasteiger partial charge on any atom is -0.497 e. The standard InChI is InChI=1S/C19H18BrN3OS/c1-3-4-5-11-23-16-8-6-7-15(21)18(16)22-19(23)25-17-12-13(24-2)9-10-14(17)20/h1,6-10,12H,4-5,11,21H2,2H3.